The van der Waals surface area contributed by atoms with Crippen molar-refractivity contribution in [3.8, 4) is 11.1 Å². The van der Waals surface area contributed by atoms with E-state index in [4.69, 9.17) is 5.41 Å². The van der Waals surface area contributed by atoms with E-state index in [0.717, 1.165) is 11.1 Å². The summed E-state index contributed by atoms with van der Waals surface area (Å²) in [5, 5.41) is 15.0. The van der Waals surface area contributed by atoms with E-state index in [0.29, 0.717) is 5.84 Å². The highest BCUT2D eigenvalue weighted by molar-refractivity contribution is 7.71. The van der Waals surface area contributed by atoms with Crippen molar-refractivity contribution in [2.45, 2.75) is 13.8 Å². The molecule has 30 heavy (non-hydrogen) atoms. The molecule has 0 aliphatic heterocycles. The molecule has 0 aliphatic carbocycles. The molecule has 0 bridgehead atoms. The minimum Gasteiger partial charge on any atom is -0.342 e. The van der Waals surface area contributed by atoms with Crippen molar-refractivity contribution in [3.63, 3.8) is 0 Å². The van der Waals surface area contributed by atoms with Gasteiger partial charge in [0.25, 0.3) is 0 Å². The van der Waals surface area contributed by atoms with Crippen LogP contribution in [-0.4, -0.2) is 5.84 Å². The van der Waals surface area contributed by atoms with Crippen molar-refractivity contribution in [1.29, 1.82) is 5.41 Å². The van der Waals surface area contributed by atoms with Crippen LogP contribution in [0.5, 0.6) is 0 Å². The molecule has 148 valence electrons. The number of hydrogen-bond acceptors (Lipinski definition) is 1. The van der Waals surface area contributed by atoms with Gasteiger partial charge in [0, 0.05) is 16.2 Å². The van der Waals surface area contributed by atoms with Crippen molar-refractivity contribution in [2.75, 3.05) is 0 Å². The molecule has 4 aromatic rings. The van der Waals surface area contributed by atoms with Gasteiger partial charge in [-0.1, -0.05) is 103 Å². The molecule has 0 amide bonds. The van der Waals surface area contributed by atoms with Crippen LogP contribution in [0.15, 0.2) is 103 Å². The normalized spacial score (nSPS) is 10.8. The quantitative estimate of drug-likeness (QED) is 0.240. The minimum absolute atomic E-state index is 0.451. The van der Waals surface area contributed by atoms with Crippen molar-refractivity contribution < 1.29 is 0 Å². The molecule has 0 fully saturated rings. The molecule has 0 unspecified atom stereocenters. The highest BCUT2D eigenvalue weighted by Crippen LogP contribution is 2.33. The summed E-state index contributed by atoms with van der Waals surface area (Å²) in [6.45, 7) is 4.27. The van der Waals surface area contributed by atoms with E-state index in [9.17, 15) is 0 Å². The number of nitrogens with one attached hydrogen (secondary N) is 2. The Morgan fingerprint density at radius 1 is 0.633 bits per heavy atom. The van der Waals surface area contributed by atoms with Gasteiger partial charge in [0.2, 0.25) is 0 Å². The first-order valence-corrected chi connectivity index (χ1v) is 11.4. The Morgan fingerprint density at radius 3 is 1.70 bits per heavy atom. The number of benzene rings is 4. The van der Waals surface area contributed by atoms with Crippen LogP contribution >= 0.6 is 8.07 Å². The average molecular weight is 408 g/mol. The Morgan fingerprint density at radius 2 is 1.13 bits per heavy atom. The van der Waals surface area contributed by atoms with E-state index in [1.165, 1.54) is 27.3 Å². The van der Waals surface area contributed by atoms with Gasteiger partial charge in [-0.3, -0.25) is 5.41 Å². The summed E-state index contributed by atoms with van der Waals surface area (Å²) in [4.78, 5) is 0. The molecule has 0 spiro atoms. The third kappa shape index (κ3) is 4.20. The molecular formula is C27H25N2P. The summed E-state index contributed by atoms with van der Waals surface area (Å²) in [5.74, 6) is 0.451. The summed E-state index contributed by atoms with van der Waals surface area (Å²) in [7, 11) is -0.885. The van der Waals surface area contributed by atoms with Gasteiger partial charge in [0.05, 0.1) is 8.07 Å². The minimum atomic E-state index is -0.885. The number of aryl methyl sites for hydroxylation is 2. The van der Waals surface area contributed by atoms with Crippen LogP contribution in [0.25, 0.3) is 11.1 Å². The summed E-state index contributed by atoms with van der Waals surface area (Å²) in [5.41, 5.74) is 5.69. The maximum Gasteiger partial charge on any atom is 0.129 e. The van der Waals surface area contributed by atoms with E-state index in [1.54, 1.807) is 0 Å². The third-order valence-electron chi connectivity index (χ3n) is 5.20. The maximum atomic E-state index is 8.99. The lowest BCUT2D eigenvalue weighted by atomic mass is 9.92. The summed E-state index contributed by atoms with van der Waals surface area (Å²) in [6, 6.07) is 35.4. The van der Waals surface area contributed by atoms with Gasteiger partial charge in [-0.25, -0.2) is 0 Å². The molecule has 0 radical (unpaired) electrons. The molecule has 3 heteroatoms. The van der Waals surface area contributed by atoms with Gasteiger partial charge < -0.3 is 5.09 Å². The monoisotopic (exact) mass is 408 g/mol. The van der Waals surface area contributed by atoms with E-state index in [-0.39, 0.29) is 0 Å². The van der Waals surface area contributed by atoms with Gasteiger partial charge in [-0.15, -0.1) is 0 Å². The first kappa shape index (κ1) is 20.1. The second kappa shape index (κ2) is 9.07. The SMILES string of the molecule is Cc1cccc(C)c1-c1ccccc1C(=N)NP(c1ccccc1)c1ccccc1. The van der Waals surface area contributed by atoms with Crippen molar-refractivity contribution in [1.82, 2.24) is 5.09 Å². The van der Waals surface area contributed by atoms with Crippen LogP contribution in [0.3, 0.4) is 0 Å². The van der Waals surface area contributed by atoms with Gasteiger partial charge in [-0.2, -0.15) is 0 Å². The molecule has 4 aromatic carbocycles. The van der Waals surface area contributed by atoms with Gasteiger partial charge in [-0.05, 0) is 36.1 Å². The van der Waals surface area contributed by atoms with Crippen LogP contribution in [0.1, 0.15) is 16.7 Å². The molecule has 2 N–H and O–H groups in total. The van der Waals surface area contributed by atoms with Crippen LogP contribution in [0.2, 0.25) is 0 Å². The van der Waals surface area contributed by atoms with Gasteiger partial charge in [0.1, 0.15) is 5.84 Å². The molecule has 0 heterocycles. The van der Waals surface area contributed by atoms with Crippen LogP contribution < -0.4 is 15.7 Å². The van der Waals surface area contributed by atoms with E-state index in [2.05, 4.69) is 97.8 Å². The lowest BCUT2D eigenvalue weighted by Crippen LogP contribution is -2.28. The largest absolute Gasteiger partial charge is 0.342 e. The topological polar surface area (TPSA) is 35.9 Å². The smallest absolute Gasteiger partial charge is 0.129 e. The second-order valence-corrected chi connectivity index (χ2v) is 9.23. The fourth-order valence-corrected chi connectivity index (χ4v) is 5.60. The van der Waals surface area contributed by atoms with Crippen LogP contribution in [-0.2, 0) is 0 Å². The number of amidine groups is 1. The molecule has 0 saturated heterocycles. The third-order valence-corrected chi connectivity index (χ3v) is 7.28. The average Bonchev–Trinajstić information content (AvgIpc) is 2.79. The zero-order valence-corrected chi connectivity index (χ0v) is 18.2. The molecule has 0 aromatic heterocycles. The standard InChI is InChI=1S/C27H25N2P/c1-20-12-11-13-21(2)26(20)24-18-9-10-19-25(24)27(28)29-30(22-14-5-3-6-15-22)23-16-7-4-8-17-23/h3-19H,1-2H3,(H2,28,29). The summed E-state index contributed by atoms with van der Waals surface area (Å²) in [6.07, 6.45) is 0. The molecular weight excluding hydrogens is 383 g/mol. The van der Waals surface area contributed by atoms with E-state index in [1.807, 2.05) is 24.3 Å². The Kier molecular flexibility index (Phi) is 6.07. The summed E-state index contributed by atoms with van der Waals surface area (Å²) >= 11 is 0. The zero-order chi connectivity index (χ0) is 20.9. The first-order valence-electron chi connectivity index (χ1n) is 10.1. The van der Waals surface area contributed by atoms with Gasteiger partial charge in [0.15, 0.2) is 0 Å². The van der Waals surface area contributed by atoms with Crippen LogP contribution in [0.4, 0.5) is 0 Å². The maximum absolute atomic E-state index is 8.99. The molecule has 0 saturated carbocycles. The van der Waals surface area contributed by atoms with Gasteiger partial charge >= 0.3 is 0 Å². The Balaban J connectivity index is 1.75. The van der Waals surface area contributed by atoms with E-state index >= 15 is 0 Å². The van der Waals surface area contributed by atoms with Crippen LogP contribution in [0, 0.1) is 19.3 Å². The predicted molar refractivity (Wildman–Crippen MR) is 130 cm³/mol. The number of rotatable bonds is 5. The lowest BCUT2D eigenvalue weighted by molar-refractivity contribution is 1.33. The predicted octanol–water partition coefficient (Wildman–Crippen LogP) is 5.93. The Bertz CT molecular complexity index is 1090. The lowest BCUT2D eigenvalue weighted by Gasteiger charge is -2.23. The van der Waals surface area contributed by atoms with Crippen molar-refractivity contribution in [3.05, 3.63) is 120 Å². The fraction of sp³-hybridized carbons (Fsp3) is 0.0741. The van der Waals surface area contributed by atoms with E-state index < -0.39 is 8.07 Å². The van der Waals surface area contributed by atoms with Crippen molar-refractivity contribution >= 4 is 24.5 Å². The second-order valence-electron chi connectivity index (χ2n) is 7.31. The summed E-state index contributed by atoms with van der Waals surface area (Å²) < 4.78 is 0. The fourth-order valence-electron chi connectivity index (χ4n) is 3.76. The molecule has 2 nitrogen and oxygen atoms in total. The first-order chi connectivity index (χ1) is 14.6. The molecule has 0 atom stereocenters. The van der Waals surface area contributed by atoms with Crippen molar-refractivity contribution in [2.24, 2.45) is 0 Å². The zero-order valence-electron chi connectivity index (χ0n) is 17.3. The highest BCUT2D eigenvalue weighted by atomic mass is 31.1. The highest BCUT2D eigenvalue weighted by Gasteiger charge is 2.19. The Labute approximate surface area is 179 Å². The molecule has 4 rings (SSSR count). The number of hydrogen-bond donors (Lipinski definition) is 2. The Hall–Kier alpha value is -3.22. The molecule has 0 aliphatic rings.